The number of alkyl halides is 3. The zero-order chi connectivity index (χ0) is 25.0. The molecule has 0 aliphatic heterocycles. The van der Waals surface area contributed by atoms with E-state index in [9.17, 15) is 22.8 Å². The number of nitrogens with one attached hydrogen (secondary N) is 1. The van der Waals surface area contributed by atoms with Gasteiger partial charge in [-0.05, 0) is 39.2 Å². The topological polar surface area (TPSA) is 76.5 Å². The van der Waals surface area contributed by atoms with Gasteiger partial charge in [-0.25, -0.2) is 4.68 Å². The lowest BCUT2D eigenvalue weighted by Gasteiger charge is -2.26. The van der Waals surface area contributed by atoms with Crippen LogP contribution in [0, 0.1) is 6.92 Å². The van der Waals surface area contributed by atoms with Gasteiger partial charge in [-0.1, -0.05) is 30.3 Å². The predicted molar refractivity (Wildman–Crippen MR) is 121 cm³/mol. The number of carbonyl (C=O) groups is 1. The molecule has 0 bridgehead atoms. The number of halogens is 3. The largest absolute Gasteiger partial charge is 0.496 e. The lowest BCUT2D eigenvalue weighted by Crippen LogP contribution is -2.38. The number of ether oxygens (including phenoxy) is 1. The van der Waals surface area contributed by atoms with Crippen LogP contribution in [0.2, 0.25) is 0 Å². The molecular formula is C24H25F3N4O3. The van der Waals surface area contributed by atoms with Gasteiger partial charge in [0, 0.05) is 23.9 Å². The van der Waals surface area contributed by atoms with Crippen LogP contribution >= 0.6 is 0 Å². The van der Waals surface area contributed by atoms with E-state index in [-0.39, 0.29) is 24.0 Å². The number of likely N-dealkylation sites (N-methyl/N-ethyl adjacent to an activating group) is 1. The van der Waals surface area contributed by atoms with Crippen molar-refractivity contribution in [3.05, 3.63) is 87.3 Å². The second-order valence-corrected chi connectivity index (χ2v) is 7.86. The zero-order valence-electron chi connectivity index (χ0n) is 19.2. The van der Waals surface area contributed by atoms with Gasteiger partial charge in [0.2, 0.25) is 5.43 Å². The highest BCUT2D eigenvalue weighted by molar-refractivity contribution is 5.92. The standard InChI is InChI=1S/C24H25F3N4O3/c1-15-13-20(32)22(29-31(15)18-11-7-6-10-17(18)24(25,26)27)23(33)28-14-19(30(2)3)16-9-5-8-12-21(16)34-4/h5-13,19H,14H2,1-4H3,(H,28,33). The minimum absolute atomic E-state index is 0.111. The lowest BCUT2D eigenvalue weighted by atomic mass is 10.0. The third-order valence-corrected chi connectivity index (χ3v) is 5.34. The number of para-hydroxylation sites is 2. The summed E-state index contributed by atoms with van der Waals surface area (Å²) in [5.74, 6) is -0.153. The summed E-state index contributed by atoms with van der Waals surface area (Å²) in [4.78, 5) is 27.3. The Balaban J connectivity index is 1.94. The van der Waals surface area contributed by atoms with Crippen molar-refractivity contribution in [2.24, 2.45) is 0 Å². The highest BCUT2D eigenvalue weighted by atomic mass is 19.4. The second kappa shape index (κ2) is 10.1. The molecule has 1 unspecified atom stereocenters. The summed E-state index contributed by atoms with van der Waals surface area (Å²) in [6.45, 7) is 1.56. The van der Waals surface area contributed by atoms with Crippen LogP contribution in [0.5, 0.6) is 5.75 Å². The molecule has 10 heteroatoms. The van der Waals surface area contributed by atoms with Crippen LogP contribution in [0.4, 0.5) is 13.2 Å². The zero-order valence-corrected chi connectivity index (χ0v) is 19.2. The van der Waals surface area contributed by atoms with Crippen molar-refractivity contribution in [3.8, 4) is 11.4 Å². The fourth-order valence-corrected chi connectivity index (χ4v) is 3.63. The normalized spacial score (nSPS) is 12.5. The Labute approximate surface area is 194 Å². The Morgan fingerprint density at radius 3 is 2.44 bits per heavy atom. The van der Waals surface area contributed by atoms with Crippen molar-refractivity contribution in [3.63, 3.8) is 0 Å². The van der Waals surface area contributed by atoms with E-state index in [1.165, 1.54) is 25.1 Å². The molecule has 0 spiro atoms. The van der Waals surface area contributed by atoms with E-state index >= 15 is 0 Å². The van der Waals surface area contributed by atoms with Gasteiger partial charge in [-0.15, -0.1) is 0 Å². The van der Waals surface area contributed by atoms with Gasteiger partial charge in [-0.3, -0.25) is 9.59 Å². The summed E-state index contributed by atoms with van der Waals surface area (Å²) < 4.78 is 46.9. The number of aromatic nitrogens is 2. The third kappa shape index (κ3) is 5.28. The highest BCUT2D eigenvalue weighted by Gasteiger charge is 2.34. The number of aryl methyl sites for hydroxylation is 1. The second-order valence-electron chi connectivity index (χ2n) is 7.86. The lowest BCUT2D eigenvalue weighted by molar-refractivity contribution is -0.137. The Morgan fingerprint density at radius 1 is 1.15 bits per heavy atom. The van der Waals surface area contributed by atoms with Crippen molar-refractivity contribution < 1.29 is 22.7 Å². The van der Waals surface area contributed by atoms with Crippen LogP contribution in [0.3, 0.4) is 0 Å². The van der Waals surface area contributed by atoms with E-state index in [0.29, 0.717) is 5.75 Å². The first kappa shape index (κ1) is 25.0. The van der Waals surface area contributed by atoms with Gasteiger partial charge in [-0.2, -0.15) is 18.3 Å². The summed E-state index contributed by atoms with van der Waals surface area (Å²) in [5.41, 5.74) is -1.40. The molecule has 2 aromatic carbocycles. The van der Waals surface area contributed by atoms with Crippen LogP contribution in [-0.4, -0.2) is 48.3 Å². The van der Waals surface area contributed by atoms with Gasteiger partial charge in [0.1, 0.15) is 5.75 Å². The molecule has 0 aliphatic carbocycles. The fourth-order valence-electron chi connectivity index (χ4n) is 3.63. The van der Waals surface area contributed by atoms with E-state index in [4.69, 9.17) is 4.74 Å². The van der Waals surface area contributed by atoms with Crippen molar-refractivity contribution in [1.82, 2.24) is 20.0 Å². The first-order chi connectivity index (χ1) is 16.0. The van der Waals surface area contributed by atoms with Gasteiger partial charge >= 0.3 is 6.18 Å². The summed E-state index contributed by atoms with van der Waals surface area (Å²) in [5, 5.41) is 6.68. The fraction of sp³-hybridized carbons (Fsp3) is 0.292. The quantitative estimate of drug-likeness (QED) is 0.566. The van der Waals surface area contributed by atoms with Gasteiger partial charge in [0.05, 0.1) is 24.4 Å². The van der Waals surface area contributed by atoms with Crippen LogP contribution in [-0.2, 0) is 6.18 Å². The number of carbonyl (C=O) groups excluding carboxylic acids is 1. The molecule has 1 aromatic heterocycles. The molecular weight excluding hydrogens is 449 g/mol. The highest BCUT2D eigenvalue weighted by Crippen LogP contribution is 2.33. The maximum Gasteiger partial charge on any atom is 0.418 e. The maximum atomic E-state index is 13.5. The van der Waals surface area contributed by atoms with Crippen molar-refractivity contribution in [2.75, 3.05) is 27.7 Å². The molecule has 1 atom stereocenters. The summed E-state index contributed by atoms with van der Waals surface area (Å²) in [7, 11) is 5.20. The average Bonchev–Trinajstić information content (AvgIpc) is 2.78. The van der Waals surface area contributed by atoms with Crippen molar-refractivity contribution >= 4 is 5.91 Å². The number of hydrogen-bond donors (Lipinski definition) is 1. The summed E-state index contributed by atoms with van der Waals surface area (Å²) in [6, 6.07) is 13.0. The molecule has 3 aromatic rings. The predicted octanol–water partition coefficient (Wildman–Crippen LogP) is 3.60. The number of methoxy groups -OCH3 is 1. The van der Waals surface area contributed by atoms with Gasteiger partial charge in [0.15, 0.2) is 5.69 Å². The smallest absolute Gasteiger partial charge is 0.418 e. The maximum absolute atomic E-state index is 13.5. The molecule has 0 saturated carbocycles. The molecule has 0 fully saturated rings. The minimum atomic E-state index is -4.63. The van der Waals surface area contributed by atoms with Crippen LogP contribution in [0.1, 0.15) is 33.4 Å². The Morgan fingerprint density at radius 2 is 1.79 bits per heavy atom. The van der Waals surface area contributed by atoms with Gasteiger partial charge in [0.25, 0.3) is 5.91 Å². The molecule has 1 amide bonds. The summed E-state index contributed by atoms with van der Waals surface area (Å²) in [6.07, 6.45) is -4.63. The van der Waals surface area contributed by atoms with E-state index in [2.05, 4.69) is 10.4 Å². The third-order valence-electron chi connectivity index (χ3n) is 5.34. The molecule has 1 N–H and O–H groups in total. The Kier molecular flexibility index (Phi) is 7.41. The number of rotatable bonds is 7. The van der Waals surface area contributed by atoms with Gasteiger partial charge < -0.3 is 15.0 Å². The molecule has 180 valence electrons. The van der Waals surface area contributed by atoms with E-state index in [1.807, 2.05) is 37.2 Å². The summed E-state index contributed by atoms with van der Waals surface area (Å²) >= 11 is 0. The van der Waals surface area contributed by atoms with E-state index < -0.39 is 28.8 Å². The minimum Gasteiger partial charge on any atom is -0.496 e. The molecule has 0 aliphatic rings. The number of amides is 1. The van der Waals surface area contributed by atoms with Crippen LogP contribution < -0.4 is 15.5 Å². The molecule has 34 heavy (non-hydrogen) atoms. The average molecular weight is 474 g/mol. The Hall–Kier alpha value is -3.66. The molecule has 0 saturated heterocycles. The number of hydrogen-bond acceptors (Lipinski definition) is 5. The monoisotopic (exact) mass is 474 g/mol. The van der Waals surface area contributed by atoms with E-state index in [0.717, 1.165) is 22.4 Å². The molecule has 0 radical (unpaired) electrons. The van der Waals surface area contributed by atoms with Crippen molar-refractivity contribution in [1.29, 1.82) is 0 Å². The number of nitrogens with zero attached hydrogens (tertiary/aromatic N) is 3. The van der Waals surface area contributed by atoms with E-state index in [1.54, 1.807) is 13.2 Å². The molecule has 3 rings (SSSR count). The van der Waals surface area contributed by atoms with Crippen molar-refractivity contribution in [2.45, 2.75) is 19.1 Å². The first-order valence-corrected chi connectivity index (χ1v) is 10.4. The molecule has 1 heterocycles. The number of benzene rings is 2. The molecule has 7 nitrogen and oxygen atoms in total. The SMILES string of the molecule is COc1ccccc1C(CNC(=O)c1nn(-c2ccccc2C(F)(F)F)c(C)cc1=O)N(C)C. The Bertz CT molecular complexity index is 1240. The van der Waals surface area contributed by atoms with Crippen LogP contribution in [0.15, 0.2) is 59.4 Å². The van der Waals surface area contributed by atoms with Crippen LogP contribution in [0.25, 0.3) is 5.69 Å². The first-order valence-electron chi connectivity index (χ1n) is 10.4.